The summed E-state index contributed by atoms with van der Waals surface area (Å²) in [5.74, 6) is -2.23. The first-order valence-corrected chi connectivity index (χ1v) is 10.0. The second-order valence-electron chi connectivity index (χ2n) is 6.32. The van der Waals surface area contributed by atoms with E-state index in [1.54, 1.807) is 6.92 Å². The van der Waals surface area contributed by atoms with E-state index < -0.39 is 33.6 Å². The summed E-state index contributed by atoms with van der Waals surface area (Å²) < 4.78 is 28.1. The van der Waals surface area contributed by atoms with Crippen molar-refractivity contribution < 1.29 is 27.5 Å². The van der Waals surface area contributed by atoms with Gasteiger partial charge in [-0.3, -0.25) is 14.4 Å². The predicted molar refractivity (Wildman–Crippen MR) is 85.8 cm³/mol. The lowest BCUT2D eigenvalue weighted by molar-refractivity contribution is -0.157. The van der Waals surface area contributed by atoms with Gasteiger partial charge in [0.25, 0.3) is 0 Å². The summed E-state index contributed by atoms with van der Waals surface area (Å²) >= 11 is 0. The van der Waals surface area contributed by atoms with Gasteiger partial charge in [0.05, 0.1) is 24.0 Å². The Bertz CT molecular complexity index is 617. The molecule has 0 radical (unpaired) electrons. The number of ether oxygens (including phenoxy) is 1. The minimum Gasteiger partial charge on any atom is -0.466 e. The van der Waals surface area contributed by atoms with Crippen molar-refractivity contribution in [2.75, 3.05) is 38.2 Å². The van der Waals surface area contributed by atoms with Crippen LogP contribution < -0.4 is 0 Å². The molecule has 0 bridgehead atoms. The first kappa shape index (κ1) is 18.7. The highest BCUT2D eigenvalue weighted by Crippen LogP contribution is 2.20. The predicted octanol–water partition coefficient (Wildman–Crippen LogP) is -0.566. The van der Waals surface area contributed by atoms with E-state index in [0.717, 1.165) is 0 Å². The fourth-order valence-electron chi connectivity index (χ4n) is 3.15. The maximum absolute atomic E-state index is 12.4. The van der Waals surface area contributed by atoms with Gasteiger partial charge in [-0.15, -0.1) is 0 Å². The summed E-state index contributed by atoms with van der Waals surface area (Å²) in [6, 6.07) is -0.461. The van der Waals surface area contributed by atoms with Crippen LogP contribution in [0.2, 0.25) is 0 Å². The smallest absolute Gasteiger partial charge is 0.312 e. The van der Waals surface area contributed by atoms with Crippen molar-refractivity contribution in [2.45, 2.75) is 32.2 Å². The average Bonchev–Trinajstić information content (AvgIpc) is 2.93. The Balaban J connectivity index is 1.97. The van der Waals surface area contributed by atoms with Crippen LogP contribution in [0.25, 0.3) is 0 Å². The standard InChI is InChI=1S/C15H24N2O6S/c1-3-23-15(20)11-5-4-7-17(9-11)14(19)13(18)16(2)12-6-8-24(21,22)10-12/h11-12H,3-10H2,1-2H3. The Kier molecular flexibility index (Phi) is 5.84. The van der Waals surface area contributed by atoms with E-state index in [1.807, 2.05) is 0 Å². The van der Waals surface area contributed by atoms with E-state index in [9.17, 15) is 22.8 Å². The maximum Gasteiger partial charge on any atom is 0.312 e. The second kappa shape index (κ2) is 7.50. The van der Waals surface area contributed by atoms with Gasteiger partial charge in [0.2, 0.25) is 0 Å². The number of piperidine rings is 1. The number of nitrogens with zero attached hydrogens (tertiary/aromatic N) is 2. The number of hydrogen-bond acceptors (Lipinski definition) is 6. The van der Waals surface area contributed by atoms with Crippen LogP contribution in [-0.4, -0.2) is 80.3 Å². The third-order valence-electron chi connectivity index (χ3n) is 4.59. The van der Waals surface area contributed by atoms with Crippen LogP contribution in [0.3, 0.4) is 0 Å². The monoisotopic (exact) mass is 360 g/mol. The molecule has 2 saturated heterocycles. The highest BCUT2D eigenvalue weighted by atomic mass is 32.2. The van der Waals surface area contributed by atoms with E-state index in [0.29, 0.717) is 25.8 Å². The molecule has 2 rings (SSSR count). The zero-order chi connectivity index (χ0) is 17.9. The molecule has 0 aromatic heterocycles. The summed E-state index contributed by atoms with van der Waals surface area (Å²) in [4.78, 5) is 39.2. The second-order valence-corrected chi connectivity index (χ2v) is 8.54. The average molecular weight is 360 g/mol. The van der Waals surface area contributed by atoms with Crippen molar-refractivity contribution in [3.05, 3.63) is 0 Å². The van der Waals surface area contributed by atoms with Gasteiger partial charge in [0.1, 0.15) is 0 Å². The molecule has 2 unspecified atom stereocenters. The van der Waals surface area contributed by atoms with Crippen LogP contribution in [0.1, 0.15) is 26.2 Å². The van der Waals surface area contributed by atoms with Gasteiger partial charge in [-0.1, -0.05) is 0 Å². The lowest BCUT2D eigenvalue weighted by atomic mass is 9.98. The first-order chi connectivity index (χ1) is 11.2. The number of amides is 2. The van der Waals surface area contributed by atoms with Gasteiger partial charge < -0.3 is 14.5 Å². The Morgan fingerprint density at radius 2 is 1.96 bits per heavy atom. The molecule has 8 nitrogen and oxygen atoms in total. The largest absolute Gasteiger partial charge is 0.466 e. The summed E-state index contributed by atoms with van der Waals surface area (Å²) in [6.45, 7) is 2.58. The Hall–Kier alpha value is -1.64. The van der Waals surface area contributed by atoms with Crippen LogP contribution in [-0.2, 0) is 29.0 Å². The molecule has 0 aromatic rings. The fourth-order valence-corrected chi connectivity index (χ4v) is 4.92. The van der Waals surface area contributed by atoms with Crippen molar-refractivity contribution in [3.8, 4) is 0 Å². The minimum absolute atomic E-state index is 0.0398. The number of hydrogen-bond donors (Lipinski definition) is 0. The summed E-state index contributed by atoms with van der Waals surface area (Å²) in [5, 5.41) is 0. The van der Waals surface area contributed by atoms with Gasteiger partial charge in [-0.05, 0) is 26.2 Å². The van der Waals surface area contributed by atoms with Crippen LogP contribution in [0.15, 0.2) is 0 Å². The molecule has 2 atom stereocenters. The lowest BCUT2D eigenvalue weighted by Crippen LogP contribution is -2.51. The van der Waals surface area contributed by atoms with Crippen molar-refractivity contribution >= 4 is 27.6 Å². The SMILES string of the molecule is CCOC(=O)C1CCCN(C(=O)C(=O)N(C)C2CCS(=O)(=O)C2)C1. The third kappa shape index (κ3) is 4.25. The quantitative estimate of drug-likeness (QED) is 0.494. The molecule has 0 N–H and O–H groups in total. The molecular formula is C15H24N2O6S. The molecule has 2 aliphatic heterocycles. The molecule has 0 saturated carbocycles. The molecule has 24 heavy (non-hydrogen) atoms. The Morgan fingerprint density at radius 3 is 2.54 bits per heavy atom. The van der Waals surface area contributed by atoms with Crippen LogP contribution >= 0.6 is 0 Å². The Morgan fingerprint density at radius 1 is 1.25 bits per heavy atom. The highest BCUT2D eigenvalue weighted by Gasteiger charge is 2.38. The van der Waals surface area contributed by atoms with E-state index >= 15 is 0 Å². The molecule has 2 fully saturated rings. The molecular weight excluding hydrogens is 336 g/mol. The zero-order valence-corrected chi connectivity index (χ0v) is 14.9. The minimum atomic E-state index is -3.13. The van der Waals surface area contributed by atoms with Crippen LogP contribution in [0.4, 0.5) is 0 Å². The normalized spacial score (nSPS) is 26.0. The molecule has 9 heteroatoms. The number of sulfone groups is 1. The van der Waals surface area contributed by atoms with Crippen molar-refractivity contribution in [1.29, 1.82) is 0 Å². The number of likely N-dealkylation sites (N-methyl/N-ethyl adjacent to an activating group) is 1. The number of esters is 1. The van der Waals surface area contributed by atoms with E-state index in [4.69, 9.17) is 4.74 Å². The molecule has 2 amide bonds. The summed E-state index contributed by atoms with van der Waals surface area (Å²) in [7, 11) is -1.67. The van der Waals surface area contributed by atoms with Gasteiger partial charge in [0.15, 0.2) is 9.84 Å². The van der Waals surface area contributed by atoms with Gasteiger partial charge in [-0.2, -0.15) is 0 Å². The Labute approximate surface area is 142 Å². The number of likely N-dealkylation sites (tertiary alicyclic amines) is 1. The highest BCUT2D eigenvalue weighted by molar-refractivity contribution is 7.91. The fraction of sp³-hybridized carbons (Fsp3) is 0.800. The summed E-state index contributed by atoms with van der Waals surface area (Å²) in [6.07, 6.45) is 1.61. The van der Waals surface area contributed by atoms with Crippen molar-refractivity contribution in [2.24, 2.45) is 5.92 Å². The number of carbonyl (C=O) groups is 3. The van der Waals surface area contributed by atoms with Gasteiger partial charge >= 0.3 is 17.8 Å². The molecule has 2 heterocycles. The van der Waals surface area contributed by atoms with E-state index in [2.05, 4.69) is 0 Å². The van der Waals surface area contributed by atoms with Crippen LogP contribution in [0.5, 0.6) is 0 Å². The molecule has 2 aliphatic rings. The summed E-state index contributed by atoms with van der Waals surface area (Å²) in [5.41, 5.74) is 0. The topological polar surface area (TPSA) is 101 Å². The van der Waals surface area contributed by atoms with E-state index in [1.165, 1.54) is 16.8 Å². The molecule has 0 aliphatic carbocycles. The molecule has 136 valence electrons. The van der Waals surface area contributed by atoms with Gasteiger partial charge in [0, 0.05) is 26.2 Å². The lowest BCUT2D eigenvalue weighted by Gasteiger charge is -2.33. The third-order valence-corrected chi connectivity index (χ3v) is 6.34. The van der Waals surface area contributed by atoms with Crippen molar-refractivity contribution in [1.82, 2.24) is 9.80 Å². The maximum atomic E-state index is 12.4. The molecule has 0 aromatic carbocycles. The first-order valence-electron chi connectivity index (χ1n) is 8.18. The number of rotatable bonds is 3. The van der Waals surface area contributed by atoms with E-state index in [-0.39, 0.29) is 30.6 Å². The number of carbonyl (C=O) groups excluding carboxylic acids is 3. The zero-order valence-electron chi connectivity index (χ0n) is 14.1. The van der Waals surface area contributed by atoms with Crippen LogP contribution in [0, 0.1) is 5.92 Å². The molecule has 0 spiro atoms. The van der Waals surface area contributed by atoms with Gasteiger partial charge in [-0.25, -0.2) is 8.42 Å². The van der Waals surface area contributed by atoms with Crippen molar-refractivity contribution in [3.63, 3.8) is 0 Å².